The van der Waals surface area contributed by atoms with Gasteiger partial charge < -0.3 is 0 Å². The molecule has 1 fully saturated rings. The van der Waals surface area contributed by atoms with Crippen molar-refractivity contribution in [3.05, 3.63) is 6.33 Å². The van der Waals surface area contributed by atoms with E-state index in [1.807, 2.05) is 0 Å². The van der Waals surface area contributed by atoms with Crippen molar-refractivity contribution in [3.63, 3.8) is 0 Å². The zero-order chi connectivity index (χ0) is 13.6. The van der Waals surface area contributed by atoms with Gasteiger partial charge in [-0.25, -0.2) is 4.98 Å². The maximum atomic E-state index is 9.55. The number of hydrogen-bond donors (Lipinski definition) is 2. The first-order valence-corrected chi connectivity index (χ1v) is 7.94. The average Bonchev–Trinajstić information content (AvgIpc) is 3.07. The van der Waals surface area contributed by atoms with Crippen LogP contribution in [-0.4, -0.2) is 33.0 Å². The lowest BCUT2D eigenvalue weighted by Gasteiger charge is -2.29. The summed E-state index contributed by atoms with van der Waals surface area (Å²) >= 11 is 1.68. The summed E-state index contributed by atoms with van der Waals surface area (Å²) in [6.07, 6.45) is 6.95. The van der Waals surface area contributed by atoms with Gasteiger partial charge in [0.1, 0.15) is 11.9 Å². The van der Waals surface area contributed by atoms with Crippen LogP contribution in [0, 0.1) is 17.2 Å². The Morgan fingerprint density at radius 3 is 3.26 bits per heavy atom. The van der Waals surface area contributed by atoms with Gasteiger partial charge in [0.05, 0.1) is 6.07 Å². The van der Waals surface area contributed by atoms with Gasteiger partial charge in [-0.3, -0.25) is 10.4 Å². The topological polar surface area (TPSA) is 77.4 Å². The average molecular weight is 279 g/mol. The van der Waals surface area contributed by atoms with Gasteiger partial charge in [0.25, 0.3) is 0 Å². The minimum atomic E-state index is -0.294. The van der Waals surface area contributed by atoms with Crippen LogP contribution in [0.3, 0.4) is 0 Å². The van der Waals surface area contributed by atoms with Crippen LogP contribution < -0.4 is 5.32 Å². The van der Waals surface area contributed by atoms with E-state index < -0.39 is 0 Å². The highest BCUT2D eigenvalue weighted by molar-refractivity contribution is 7.99. The Labute approximate surface area is 118 Å². The second kappa shape index (κ2) is 6.92. The first-order valence-electron chi connectivity index (χ1n) is 6.95. The van der Waals surface area contributed by atoms with Crippen molar-refractivity contribution in [2.24, 2.45) is 5.92 Å². The van der Waals surface area contributed by atoms with E-state index in [4.69, 9.17) is 0 Å². The van der Waals surface area contributed by atoms with Crippen molar-refractivity contribution < 1.29 is 0 Å². The van der Waals surface area contributed by atoms with E-state index in [1.54, 1.807) is 11.8 Å². The minimum Gasteiger partial charge on any atom is -0.299 e. The summed E-state index contributed by atoms with van der Waals surface area (Å²) in [6.45, 7) is 3.07. The smallest absolute Gasteiger partial charge is 0.183 e. The van der Waals surface area contributed by atoms with Crippen molar-refractivity contribution >= 4 is 11.8 Å². The van der Waals surface area contributed by atoms with Crippen molar-refractivity contribution in [1.82, 2.24) is 20.5 Å². The molecule has 104 valence electrons. The summed E-state index contributed by atoms with van der Waals surface area (Å²) < 4.78 is 0. The molecule has 1 aliphatic carbocycles. The van der Waals surface area contributed by atoms with E-state index >= 15 is 0 Å². The molecule has 5 nitrogen and oxygen atoms in total. The number of nitriles is 1. The molecule has 2 atom stereocenters. The van der Waals surface area contributed by atoms with Crippen molar-refractivity contribution in [2.75, 3.05) is 12.3 Å². The number of hydrogen-bond acceptors (Lipinski definition) is 5. The lowest BCUT2D eigenvalue weighted by atomic mass is 9.86. The van der Waals surface area contributed by atoms with Gasteiger partial charge >= 0.3 is 0 Å². The number of thioether (sulfide) groups is 1. The molecule has 0 amide bonds. The molecule has 2 rings (SSSR count). The molecule has 1 heterocycles. The highest BCUT2D eigenvalue weighted by atomic mass is 32.2. The molecule has 0 bridgehead atoms. The third-order valence-electron chi connectivity index (χ3n) is 3.81. The fourth-order valence-electron chi connectivity index (χ4n) is 2.80. The zero-order valence-electron chi connectivity index (χ0n) is 11.4. The number of nitrogens with zero attached hydrogens (tertiary/aromatic N) is 3. The number of nitrogens with one attached hydrogen (secondary N) is 2. The van der Waals surface area contributed by atoms with Crippen molar-refractivity contribution in [2.45, 2.75) is 49.7 Å². The predicted molar refractivity (Wildman–Crippen MR) is 75.7 cm³/mol. The molecule has 2 unspecified atom stereocenters. The lowest BCUT2D eigenvalue weighted by Crippen LogP contribution is -2.47. The van der Waals surface area contributed by atoms with E-state index in [0.29, 0.717) is 5.92 Å². The number of rotatable bonds is 7. The molecule has 1 aromatic heterocycles. The molecule has 0 radical (unpaired) electrons. The number of aromatic amines is 1. The summed E-state index contributed by atoms with van der Waals surface area (Å²) in [7, 11) is 0. The van der Waals surface area contributed by atoms with Crippen LogP contribution in [0.15, 0.2) is 11.5 Å². The molecule has 2 N–H and O–H groups in total. The van der Waals surface area contributed by atoms with Gasteiger partial charge in [0, 0.05) is 5.75 Å². The maximum absolute atomic E-state index is 9.55. The van der Waals surface area contributed by atoms with Crippen LogP contribution in [0.25, 0.3) is 0 Å². The number of aromatic nitrogens is 3. The van der Waals surface area contributed by atoms with E-state index in [9.17, 15) is 5.26 Å². The minimum absolute atomic E-state index is 0.294. The largest absolute Gasteiger partial charge is 0.299 e. The Morgan fingerprint density at radius 1 is 1.68 bits per heavy atom. The quantitative estimate of drug-likeness (QED) is 0.749. The predicted octanol–water partition coefficient (Wildman–Crippen LogP) is 2.35. The van der Waals surface area contributed by atoms with Gasteiger partial charge in [-0.2, -0.15) is 10.4 Å². The molecule has 1 aromatic rings. The standard InChI is InChI=1S/C13H21N5S/c1-2-7-16-13(9-14)6-3-4-11(13)5-8-19-12-15-10-17-18-12/h10-11,16H,2-8H2,1H3,(H,15,17,18). The third kappa shape index (κ3) is 3.48. The Hall–Kier alpha value is -1.06. The van der Waals surface area contributed by atoms with Crippen LogP contribution in [0.1, 0.15) is 39.0 Å². The fourth-order valence-corrected chi connectivity index (χ4v) is 3.63. The summed E-state index contributed by atoms with van der Waals surface area (Å²) in [5.74, 6) is 1.44. The first-order chi connectivity index (χ1) is 9.30. The van der Waals surface area contributed by atoms with Crippen molar-refractivity contribution in [1.29, 1.82) is 5.26 Å². The molecule has 0 spiro atoms. The van der Waals surface area contributed by atoms with E-state index in [-0.39, 0.29) is 5.54 Å². The maximum Gasteiger partial charge on any atom is 0.183 e. The van der Waals surface area contributed by atoms with Gasteiger partial charge in [-0.05, 0) is 38.1 Å². The first kappa shape index (κ1) is 14.4. The fraction of sp³-hybridized carbons (Fsp3) is 0.769. The van der Waals surface area contributed by atoms with Crippen LogP contribution >= 0.6 is 11.8 Å². The lowest BCUT2D eigenvalue weighted by molar-refractivity contribution is 0.311. The summed E-state index contributed by atoms with van der Waals surface area (Å²) in [5, 5.41) is 20.6. The summed E-state index contributed by atoms with van der Waals surface area (Å²) in [6, 6.07) is 2.55. The molecular formula is C13H21N5S. The molecule has 1 aliphatic rings. The number of H-pyrrole nitrogens is 1. The van der Waals surface area contributed by atoms with Crippen LogP contribution in [-0.2, 0) is 0 Å². The Morgan fingerprint density at radius 2 is 2.58 bits per heavy atom. The SMILES string of the molecule is CCCNC1(C#N)CCCC1CCSc1ncn[nH]1. The second-order valence-electron chi connectivity index (χ2n) is 5.03. The highest BCUT2D eigenvalue weighted by Crippen LogP contribution is 2.38. The van der Waals surface area contributed by atoms with Gasteiger partial charge in [-0.15, -0.1) is 0 Å². The zero-order valence-corrected chi connectivity index (χ0v) is 12.2. The molecule has 6 heteroatoms. The molecule has 0 aliphatic heterocycles. The van der Waals surface area contributed by atoms with Crippen molar-refractivity contribution in [3.8, 4) is 6.07 Å². The monoisotopic (exact) mass is 279 g/mol. The van der Waals surface area contributed by atoms with Crippen LogP contribution in [0.5, 0.6) is 0 Å². The summed E-state index contributed by atoms with van der Waals surface area (Å²) in [5.41, 5.74) is -0.294. The Bertz CT molecular complexity index is 413. The Kier molecular flexibility index (Phi) is 5.23. The van der Waals surface area contributed by atoms with E-state index in [2.05, 4.69) is 33.5 Å². The van der Waals surface area contributed by atoms with Gasteiger partial charge in [0.2, 0.25) is 0 Å². The van der Waals surface area contributed by atoms with Gasteiger partial charge in [-0.1, -0.05) is 25.1 Å². The van der Waals surface area contributed by atoms with E-state index in [1.165, 1.54) is 6.33 Å². The molecule has 0 saturated heterocycles. The molecule has 1 saturated carbocycles. The normalized spacial score (nSPS) is 26.4. The van der Waals surface area contributed by atoms with Gasteiger partial charge in [0.15, 0.2) is 5.16 Å². The molecule has 0 aromatic carbocycles. The summed E-state index contributed by atoms with van der Waals surface area (Å²) in [4.78, 5) is 4.10. The third-order valence-corrected chi connectivity index (χ3v) is 4.72. The van der Waals surface area contributed by atoms with Crippen LogP contribution in [0.2, 0.25) is 0 Å². The molecular weight excluding hydrogens is 258 g/mol. The van der Waals surface area contributed by atoms with Crippen LogP contribution in [0.4, 0.5) is 0 Å². The molecule has 19 heavy (non-hydrogen) atoms. The second-order valence-corrected chi connectivity index (χ2v) is 6.11. The van der Waals surface area contributed by atoms with E-state index in [0.717, 1.165) is 49.6 Å². The Balaban J connectivity index is 1.85. The highest BCUT2D eigenvalue weighted by Gasteiger charge is 2.42.